The van der Waals surface area contributed by atoms with E-state index >= 15 is 0 Å². The van der Waals surface area contributed by atoms with Crippen LogP contribution in [0.3, 0.4) is 0 Å². The van der Waals surface area contributed by atoms with Crippen LogP contribution in [-0.2, 0) is 17.9 Å². The molecule has 0 radical (unpaired) electrons. The van der Waals surface area contributed by atoms with Gasteiger partial charge < -0.3 is 10.1 Å². The Hall–Kier alpha value is -2.26. The molecule has 11 heteroatoms. The molecule has 1 N–H and O–H groups in total. The van der Waals surface area contributed by atoms with Crippen molar-refractivity contribution in [2.75, 3.05) is 11.1 Å². The molecule has 0 saturated carbocycles. The lowest BCUT2D eigenvalue weighted by atomic mass is 10.3. The van der Waals surface area contributed by atoms with Gasteiger partial charge in [0.05, 0.1) is 21.5 Å². The van der Waals surface area contributed by atoms with Crippen molar-refractivity contribution < 1.29 is 13.9 Å². The van der Waals surface area contributed by atoms with Crippen molar-refractivity contribution in [1.29, 1.82) is 0 Å². The van der Waals surface area contributed by atoms with Crippen LogP contribution in [0.5, 0.6) is 5.75 Å². The van der Waals surface area contributed by atoms with E-state index in [1.807, 2.05) is 0 Å². The van der Waals surface area contributed by atoms with Gasteiger partial charge in [-0.1, -0.05) is 52.6 Å². The smallest absolute Gasteiger partial charge is 0.234 e. The zero-order valence-electron chi connectivity index (χ0n) is 15.9. The highest BCUT2D eigenvalue weighted by Gasteiger charge is 2.15. The number of hydrogen-bond acceptors (Lipinski definition) is 5. The summed E-state index contributed by atoms with van der Waals surface area (Å²) in [5.41, 5.74) is 0.467. The molecule has 0 unspecified atom stereocenters. The Kier molecular flexibility index (Phi) is 8.20. The van der Waals surface area contributed by atoms with Crippen LogP contribution in [-0.4, -0.2) is 26.4 Å². The SMILES string of the molecule is C=CCn1c(COc2ccc(F)cc2Cl)nnc1SCC(=O)Nc1ccc(Cl)cc1Cl. The summed E-state index contributed by atoms with van der Waals surface area (Å²) in [5.74, 6) is 0.190. The highest BCUT2D eigenvalue weighted by molar-refractivity contribution is 7.99. The molecule has 3 rings (SSSR count). The first kappa shape index (κ1) is 23.4. The maximum absolute atomic E-state index is 13.2. The Bertz CT molecular complexity index is 1110. The molecule has 1 aromatic heterocycles. The summed E-state index contributed by atoms with van der Waals surface area (Å²) in [7, 11) is 0. The lowest BCUT2D eigenvalue weighted by molar-refractivity contribution is -0.113. The van der Waals surface area contributed by atoms with Crippen molar-refractivity contribution in [2.45, 2.75) is 18.3 Å². The van der Waals surface area contributed by atoms with Crippen molar-refractivity contribution >= 4 is 58.2 Å². The van der Waals surface area contributed by atoms with Gasteiger partial charge in [-0.25, -0.2) is 4.39 Å². The minimum atomic E-state index is -0.455. The number of allylic oxidation sites excluding steroid dienone is 1. The number of rotatable bonds is 9. The van der Waals surface area contributed by atoms with E-state index in [0.29, 0.717) is 39.0 Å². The molecule has 162 valence electrons. The number of anilines is 1. The molecule has 31 heavy (non-hydrogen) atoms. The van der Waals surface area contributed by atoms with Gasteiger partial charge in [0.2, 0.25) is 5.91 Å². The molecule has 1 heterocycles. The minimum absolute atomic E-state index is 0.0549. The predicted molar refractivity (Wildman–Crippen MR) is 122 cm³/mol. The third kappa shape index (κ3) is 6.36. The summed E-state index contributed by atoms with van der Waals surface area (Å²) in [6.45, 7) is 4.20. The number of amides is 1. The van der Waals surface area contributed by atoms with Gasteiger partial charge in [0, 0.05) is 11.6 Å². The van der Waals surface area contributed by atoms with Gasteiger partial charge in [-0.15, -0.1) is 16.8 Å². The summed E-state index contributed by atoms with van der Waals surface area (Å²) < 4.78 is 20.6. The van der Waals surface area contributed by atoms with Crippen LogP contribution >= 0.6 is 46.6 Å². The van der Waals surface area contributed by atoms with Gasteiger partial charge in [-0.3, -0.25) is 9.36 Å². The number of carbonyl (C=O) groups is 1. The summed E-state index contributed by atoms with van der Waals surface area (Å²) >= 11 is 19.1. The van der Waals surface area contributed by atoms with E-state index in [-0.39, 0.29) is 23.3 Å². The molecule has 0 aliphatic rings. The zero-order valence-corrected chi connectivity index (χ0v) is 19.0. The number of nitrogens with one attached hydrogen (secondary N) is 1. The average Bonchev–Trinajstić information content (AvgIpc) is 3.10. The number of carbonyl (C=O) groups excluding carboxylic acids is 1. The van der Waals surface area contributed by atoms with Gasteiger partial charge in [0.1, 0.15) is 18.2 Å². The van der Waals surface area contributed by atoms with E-state index in [1.165, 1.54) is 23.9 Å². The Labute approximate surface area is 197 Å². The molecule has 0 aliphatic carbocycles. The molecule has 0 fully saturated rings. The molecule has 1 amide bonds. The largest absolute Gasteiger partial charge is 0.484 e. The van der Waals surface area contributed by atoms with E-state index in [2.05, 4.69) is 22.1 Å². The number of aromatic nitrogens is 3. The molecule has 0 atom stereocenters. The predicted octanol–water partition coefficient (Wildman–Crippen LogP) is 5.87. The van der Waals surface area contributed by atoms with E-state index in [1.54, 1.807) is 28.8 Å². The van der Waals surface area contributed by atoms with Crippen LogP contribution in [0.4, 0.5) is 10.1 Å². The quantitative estimate of drug-likeness (QED) is 0.293. The first-order valence-corrected chi connectivity index (χ1v) is 11.0. The van der Waals surface area contributed by atoms with Gasteiger partial charge in [0.25, 0.3) is 0 Å². The minimum Gasteiger partial charge on any atom is -0.484 e. The average molecular weight is 502 g/mol. The molecule has 2 aromatic carbocycles. The second-order valence-electron chi connectivity index (χ2n) is 6.12. The second kappa shape index (κ2) is 10.9. The summed E-state index contributed by atoms with van der Waals surface area (Å²) in [5, 5.41) is 12.5. The summed E-state index contributed by atoms with van der Waals surface area (Å²) in [6, 6.07) is 8.67. The summed E-state index contributed by atoms with van der Waals surface area (Å²) in [6.07, 6.45) is 1.68. The maximum atomic E-state index is 13.2. The third-order valence-electron chi connectivity index (χ3n) is 3.89. The van der Waals surface area contributed by atoms with E-state index in [4.69, 9.17) is 39.5 Å². The van der Waals surface area contributed by atoms with Crippen molar-refractivity contribution in [2.24, 2.45) is 0 Å². The van der Waals surface area contributed by atoms with Crippen LogP contribution in [0.15, 0.2) is 54.2 Å². The summed E-state index contributed by atoms with van der Waals surface area (Å²) in [4.78, 5) is 12.3. The number of thioether (sulfide) groups is 1. The van der Waals surface area contributed by atoms with Gasteiger partial charge in [-0.05, 0) is 36.4 Å². The normalized spacial score (nSPS) is 10.7. The third-order valence-corrected chi connectivity index (χ3v) is 5.70. The molecule has 6 nitrogen and oxygen atoms in total. The Balaban J connectivity index is 1.64. The van der Waals surface area contributed by atoms with Crippen LogP contribution < -0.4 is 10.1 Å². The van der Waals surface area contributed by atoms with Crippen LogP contribution in [0.25, 0.3) is 0 Å². The molecule has 0 spiro atoms. The topological polar surface area (TPSA) is 69.0 Å². The van der Waals surface area contributed by atoms with Gasteiger partial charge in [0.15, 0.2) is 11.0 Å². The molecule has 0 saturated heterocycles. The molecule has 0 bridgehead atoms. The lowest BCUT2D eigenvalue weighted by Crippen LogP contribution is -2.15. The van der Waals surface area contributed by atoms with Crippen molar-refractivity contribution in [3.63, 3.8) is 0 Å². The zero-order chi connectivity index (χ0) is 22.4. The number of nitrogens with zero attached hydrogens (tertiary/aromatic N) is 3. The molecular formula is C20H16Cl3FN4O2S. The lowest BCUT2D eigenvalue weighted by Gasteiger charge is -2.10. The van der Waals surface area contributed by atoms with Crippen LogP contribution in [0.1, 0.15) is 5.82 Å². The van der Waals surface area contributed by atoms with Crippen LogP contribution in [0, 0.1) is 5.82 Å². The first-order chi connectivity index (χ1) is 14.9. The molecular weight excluding hydrogens is 486 g/mol. The van der Waals surface area contributed by atoms with E-state index < -0.39 is 5.82 Å². The number of halogens is 4. The fraction of sp³-hybridized carbons (Fsp3) is 0.150. The van der Waals surface area contributed by atoms with E-state index in [9.17, 15) is 9.18 Å². The molecule has 3 aromatic rings. The van der Waals surface area contributed by atoms with E-state index in [0.717, 1.165) is 6.07 Å². The van der Waals surface area contributed by atoms with Crippen molar-refractivity contribution in [1.82, 2.24) is 14.8 Å². The second-order valence-corrected chi connectivity index (χ2v) is 8.32. The van der Waals surface area contributed by atoms with Gasteiger partial charge >= 0.3 is 0 Å². The Morgan fingerprint density at radius 1 is 1.19 bits per heavy atom. The monoisotopic (exact) mass is 500 g/mol. The number of ether oxygens (including phenoxy) is 1. The number of benzene rings is 2. The number of hydrogen-bond donors (Lipinski definition) is 1. The maximum Gasteiger partial charge on any atom is 0.234 e. The van der Waals surface area contributed by atoms with Crippen molar-refractivity contribution in [3.8, 4) is 5.75 Å². The fourth-order valence-electron chi connectivity index (χ4n) is 2.49. The van der Waals surface area contributed by atoms with Crippen LogP contribution in [0.2, 0.25) is 15.1 Å². The fourth-order valence-corrected chi connectivity index (χ4v) is 3.93. The first-order valence-electron chi connectivity index (χ1n) is 8.86. The Morgan fingerprint density at radius 2 is 2.00 bits per heavy atom. The van der Waals surface area contributed by atoms with Crippen molar-refractivity contribution in [3.05, 3.63) is 75.8 Å². The Morgan fingerprint density at radius 3 is 2.71 bits per heavy atom. The van der Waals surface area contributed by atoms with Gasteiger partial charge in [-0.2, -0.15) is 0 Å². The highest BCUT2D eigenvalue weighted by atomic mass is 35.5. The standard InChI is InChI=1S/C20H16Cl3FN4O2S/c1-2-7-28-18(10-30-17-6-4-13(24)9-15(17)23)26-27-20(28)31-11-19(29)25-16-5-3-12(21)8-14(16)22/h2-6,8-9H,1,7,10-11H2,(H,25,29). The highest BCUT2D eigenvalue weighted by Crippen LogP contribution is 2.27. The molecule has 0 aliphatic heterocycles.